The molecule has 0 aliphatic rings. The third kappa shape index (κ3) is 5.38. The van der Waals surface area contributed by atoms with Crippen LogP contribution in [-0.2, 0) is 11.3 Å². The van der Waals surface area contributed by atoms with Gasteiger partial charge in [-0.1, -0.05) is 25.5 Å². The maximum atomic E-state index is 12.4. The minimum absolute atomic E-state index is 0.0282. The number of hydrogen-bond donors (Lipinski definition) is 1. The van der Waals surface area contributed by atoms with E-state index in [1.807, 2.05) is 45.0 Å². The highest BCUT2D eigenvalue weighted by Crippen LogP contribution is 2.18. The predicted octanol–water partition coefficient (Wildman–Crippen LogP) is 2.95. The van der Waals surface area contributed by atoms with Gasteiger partial charge in [-0.05, 0) is 44.9 Å². The van der Waals surface area contributed by atoms with Crippen LogP contribution in [0.1, 0.15) is 46.1 Å². The zero-order chi connectivity index (χ0) is 16.0. The fourth-order valence-electron chi connectivity index (χ4n) is 2.40. The molecule has 1 unspecified atom stereocenters. The number of carbonyl (C=O) groups excluding carboxylic acids is 1. The lowest BCUT2D eigenvalue weighted by molar-refractivity contribution is -0.135. The Labute approximate surface area is 128 Å². The van der Waals surface area contributed by atoms with Crippen molar-refractivity contribution in [1.29, 1.82) is 0 Å². The molecule has 0 bridgehead atoms. The topological polar surface area (TPSA) is 55.6 Å². The van der Waals surface area contributed by atoms with Crippen LogP contribution < -0.4 is 10.5 Å². The van der Waals surface area contributed by atoms with Crippen molar-refractivity contribution in [3.63, 3.8) is 0 Å². The highest BCUT2D eigenvalue weighted by atomic mass is 16.5. The van der Waals surface area contributed by atoms with Crippen LogP contribution in [0.5, 0.6) is 5.75 Å². The summed E-state index contributed by atoms with van der Waals surface area (Å²) in [7, 11) is 1.79. The Hall–Kier alpha value is -1.55. The van der Waals surface area contributed by atoms with Gasteiger partial charge in [0, 0.05) is 13.6 Å². The minimum Gasteiger partial charge on any atom is -0.491 e. The summed E-state index contributed by atoms with van der Waals surface area (Å²) < 4.78 is 5.67. The molecule has 2 N–H and O–H groups in total. The lowest BCUT2D eigenvalue weighted by Crippen LogP contribution is -2.51. The Bertz CT molecular complexity index is 470. The Morgan fingerprint density at radius 3 is 2.67 bits per heavy atom. The van der Waals surface area contributed by atoms with E-state index in [1.54, 1.807) is 18.9 Å². The first-order valence-corrected chi connectivity index (χ1v) is 7.56. The molecule has 0 aromatic heterocycles. The first kappa shape index (κ1) is 17.5. The maximum absolute atomic E-state index is 12.4. The van der Waals surface area contributed by atoms with Crippen molar-refractivity contribution in [2.45, 2.75) is 58.7 Å². The molecule has 0 aliphatic carbocycles. The van der Waals surface area contributed by atoms with E-state index in [2.05, 4.69) is 0 Å². The minimum atomic E-state index is -0.796. The van der Waals surface area contributed by atoms with E-state index in [0.29, 0.717) is 13.0 Å². The summed E-state index contributed by atoms with van der Waals surface area (Å²) in [5.74, 6) is 0.798. The van der Waals surface area contributed by atoms with Crippen LogP contribution in [-0.4, -0.2) is 29.5 Å². The SMILES string of the molecule is CCCC(C)(N)C(=O)N(C)Cc1cccc(OC(C)C)c1. The molecular weight excluding hydrogens is 264 g/mol. The van der Waals surface area contributed by atoms with Gasteiger partial charge in [0.15, 0.2) is 0 Å². The molecule has 0 heterocycles. The number of nitrogens with zero attached hydrogens (tertiary/aromatic N) is 1. The predicted molar refractivity (Wildman–Crippen MR) is 86.2 cm³/mol. The molecule has 1 atom stereocenters. The second-order valence-electron chi connectivity index (χ2n) is 6.14. The number of ether oxygens (including phenoxy) is 1. The normalized spacial score (nSPS) is 13.9. The molecule has 118 valence electrons. The van der Waals surface area contributed by atoms with Gasteiger partial charge in [-0.2, -0.15) is 0 Å². The van der Waals surface area contributed by atoms with E-state index in [9.17, 15) is 4.79 Å². The van der Waals surface area contributed by atoms with Crippen molar-refractivity contribution in [3.8, 4) is 5.75 Å². The average Bonchev–Trinajstić information content (AvgIpc) is 2.37. The van der Waals surface area contributed by atoms with Gasteiger partial charge < -0.3 is 15.4 Å². The number of nitrogens with two attached hydrogens (primary N) is 1. The number of likely N-dealkylation sites (N-methyl/N-ethyl adjacent to an activating group) is 1. The fraction of sp³-hybridized carbons (Fsp3) is 0.588. The van der Waals surface area contributed by atoms with E-state index in [-0.39, 0.29) is 12.0 Å². The Balaban J connectivity index is 2.74. The first-order chi connectivity index (χ1) is 9.76. The highest BCUT2D eigenvalue weighted by Gasteiger charge is 2.30. The third-order valence-corrected chi connectivity index (χ3v) is 3.29. The van der Waals surface area contributed by atoms with Crippen LogP contribution in [0.4, 0.5) is 0 Å². The molecular formula is C17H28N2O2. The molecule has 21 heavy (non-hydrogen) atoms. The second-order valence-corrected chi connectivity index (χ2v) is 6.14. The van der Waals surface area contributed by atoms with Crippen molar-refractivity contribution >= 4 is 5.91 Å². The van der Waals surface area contributed by atoms with E-state index in [1.165, 1.54) is 0 Å². The van der Waals surface area contributed by atoms with Gasteiger partial charge >= 0.3 is 0 Å². The Morgan fingerprint density at radius 2 is 2.10 bits per heavy atom. The number of amides is 1. The highest BCUT2D eigenvalue weighted by molar-refractivity contribution is 5.85. The van der Waals surface area contributed by atoms with Crippen molar-refractivity contribution in [2.75, 3.05) is 7.05 Å². The summed E-state index contributed by atoms with van der Waals surface area (Å²) in [5.41, 5.74) is 6.35. The molecule has 1 rings (SSSR count). The van der Waals surface area contributed by atoms with Gasteiger partial charge in [0.05, 0.1) is 11.6 Å². The standard InChI is InChI=1S/C17H28N2O2/c1-6-10-17(4,18)16(20)19(5)12-14-8-7-9-15(11-14)21-13(2)3/h7-9,11,13H,6,10,12,18H2,1-5H3. The molecule has 1 aromatic carbocycles. The molecule has 4 heteroatoms. The molecule has 1 amide bonds. The molecule has 0 saturated carbocycles. The summed E-state index contributed by atoms with van der Waals surface area (Å²) in [6.45, 7) is 8.35. The lowest BCUT2D eigenvalue weighted by atomic mass is 9.96. The Kier molecular flexibility index (Phi) is 6.21. The van der Waals surface area contributed by atoms with Crippen LogP contribution >= 0.6 is 0 Å². The maximum Gasteiger partial charge on any atom is 0.242 e. The quantitative estimate of drug-likeness (QED) is 0.840. The van der Waals surface area contributed by atoms with Gasteiger partial charge in [-0.25, -0.2) is 0 Å². The van der Waals surface area contributed by atoms with E-state index >= 15 is 0 Å². The molecule has 0 radical (unpaired) electrons. The zero-order valence-electron chi connectivity index (χ0n) is 13.8. The van der Waals surface area contributed by atoms with Crippen molar-refractivity contribution < 1.29 is 9.53 Å². The molecule has 0 saturated heterocycles. The monoisotopic (exact) mass is 292 g/mol. The van der Waals surface area contributed by atoms with Crippen LogP contribution in [0.15, 0.2) is 24.3 Å². The summed E-state index contributed by atoms with van der Waals surface area (Å²) >= 11 is 0. The van der Waals surface area contributed by atoms with E-state index in [0.717, 1.165) is 17.7 Å². The van der Waals surface area contributed by atoms with Gasteiger partial charge in [-0.15, -0.1) is 0 Å². The summed E-state index contributed by atoms with van der Waals surface area (Å²) in [4.78, 5) is 14.1. The van der Waals surface area contributed by atoms with E-state index < -0.39 is 5.54 Å². The van der Waals surface area contributed by atoms with Gasteiger partial charge in [0.2, 0.25) is 5.91 Å². The number of rotatable bonds is 7. The first-order valence-electron chi connectivity index (χ1n) is 7.56. The summed E-state index contributed by atoms with van der Waals surface area (Å²) in [6.07, 6.45) is 1.72. The average molecular weight is 292 g/mol. The van der Waals surface area contributed by atoms with Crippen LogP contribution in [0.25, 0.3) is 0 Å². The van der Waals surface area contributed by atoms with Crippen molar-refractivity contribution in [3.05, 3.63) is 29.8 Å². The second kappa shape index (κ2) is 7.46. The molecule has 1 aromatic rings. The molecule has 0 fully saturated rings. The van der Waals surface area contributed by atoms with Gasteiger partial charge in [0.1, 0.15) is 5.75 Å². The van der Waals surface area contributed by atoms with Crippen molar-refractivity contribution in [2.24, 2.45) is 5.73 Å². The van der Waals surface area contributed by atoms with Crippen LogP contribution in [0, 0.1) is 0 Å². The van der Waals surface area contributed by atoms with Crippen LogP contribution in [0.3, 0.4) is 0 Å². The smallest absolute Gasteiger partial charge is 0.242 e. The number of carbonyl (C=O) groups is 1. The number of benzene rings is 1. The number of hydrogen-bond acceptors (Lipinski definition) is 3. The fourth-order valence-corrected chi connectivity index (χ4v) is 2.40. The van der Waals surface area contributed by atoms with Gasteiger partial charge in [0.25, 0.3) is 0 Å². The van der Waals surface area contributed by atoms with Crippen LogP contribution in [0.2, 0.25) is 0 Å². The zero-order valence-corrected chi connectivity index (χ0v) is 13.8. The largest absolute Gasteiger partial charge is 0.491 e. The molecule has 4 nitrogen and oxygen atoms in total. The molecule has 0 spiro atoms. The van der Waals surface area contributed by atoms with Crippen molar-refractivity contribution in [1.82, 2.24) is 4.90 Å². The molecule has 0 aliphatic heterocycles. The Morgan fingerprint density at radius 1 is 1.43 bits per heavy atom. The van der Waals surface area contributed by atoms with Gasteiger partial charge in [-0.3, -0.25) is 4.79 Å². The summed E-state index contributed by atoms with van der Waals surface area (Å²) in [5, 5.41) is 0. The third-order valence-electron chi connectivity index (χ3n) is 3.29. The summed E-state index contributed by atoms with van der Waals surface area (Å²) in [6, 6.07) is 7.83. The van der Waals surface area contributed by atoms with E-state index in [4.69, 9.17) is 10.5 Å². The lowest BCUT2D eigenvalue weighted by Gasteiger charge is -2.29.